The molecule has 8 heteroatoms. The molecule has 23 heavy (non-hydrogen) atoms. The van der Waals surface area contributed by atoms with Crippen LogP contribution in [0.5, 0.6) is 0 Å². The highest BCUT2D eigenvalue weighted by Crippen LogP contribution is 2.28. The van der Waals surface area contributed by atoms with Crippen LogP contribution in [0.25, 0.3) is 5.82 Å². The number of halogens is 2. The van der Waals surface area contributed by atoms with Crippen LogP contribution in [0.15, 0.2) is 30.6 Å². The molecular weight excluding hydrogens is 335 g/mol. The van der Waals surface area contributed by atoms with Gasteiger partial charge in [0.15, 0.2) is 11.6 Å². The van der Waals surface area contributed by atoms with Crippen LogP contribution in [0.3, 0.4) is 0 Å². The van der Waals surface area contributed by atoms with Crippen molar-refractivity contribution in [3.05, 3.63) is 52.0 Å². The van der Waals surface area contributed by atoms with Gasteiger partial charge in [-0.25, -0.2) is 14.6 Å². The van der Waals surface area contributed by atoms with E-state index in [0.29, 0.717) is 33.1 Å². The van der Waals surface area contributed by atoms with Crippen molar-refractivity contribution in [1.82, 2.24) is 19.7 Å². The van der Waals surface area contributed by atoms with E-state index in [2.05, 4.69) is 20.4 Å². The summed E-state index contributed by atoms with van der Waals surface area (Å²) < 4.78 is 1.68. The third-order valence-electron chi connectivity index (χ3n) is 3.20. The molecule has 0 saturated carbocycles. The lowest BCUT2D eigenvalue weighted by Gasteiger charge is -2.12. The standard InChI is InChI=1S/C15H14Cl2N6/c1-8-3-9(2)23(22-8)15-13(18)14(19-7-20-15)21-12-5-10(16)4-11(17)6-12/h3-7H,18H2,1-2H3,(H,19,20,21). The van der Waals surface area contributed by atoms with Crippen LogP contribution < -0.4 is 11.1 Å². The highest BCUT2D eigenvalue weighted by atomic mass is 35.5. The van der Waals surface area contributed by atoms with E-state index in [-0.39, 0.29) is 0 Å². The lowest BCUT2D eigenvalue weighted by molar-refractivity contribution is 0.804. The molecule has 0 aliphatic carbocycles. The van der Waals surface area contributed by atoms with Crippen LogP contribution in [0.4, 0.5) is 17.2 Å². The number of anilines is 3. The molecule has 0 radical (unpaired) electrons. The Kier molecular flexibility index (Phi) is 4.11. The fraction of sp³-hybridized carbons (Fsp3) is 0.133. The van der Waals surface area contributed by atoms with Gasteiger partial charge in [-0.05, 0) is 38.1 Å². The van der Waals surface area contributed by atoms with Gasteiger partial charge in [0.1, 0.15) is 12.0 Å². The summed E-state index contributed by atoms with van der Waals surface area (Å²) >= 11 is 12.0. The summed E-state index contributed by atoms with van der Waals surface area (Å²) in [6, 6.07) is 7.07. The molecule has 0 aliphatic heterocycles. The zero-order chi connectivity index (χ0) is 16.6. The molecule has 0 fully saturated rings. The zero-order valence-corrected chi connectivity index (χ0v) is 14.0. The summed E-state index contributed by atoms with van der Waals surface area (Å²) in [6.07, 6.45) is 1.43. The second kappa shape index (κ2) is 6.06. The molecule has 0 atom stereocenters. The first-order valence-corrected chi connectivity index (χ1v) is 7.57. The molecular formula is C15H14Cl2N6. The molecule has 3 aromatic rings. The Morgan fingerprint density at radius 3 is 2.35 bits per heavy atom. The van der Waals surface area contributed by atoms with Gasteiger partial charge >= 0.3 is 0 Å². The first-order valence-electron chi connectivity index (χ1n) is 6.81. The summed E-state index contributed by atoms with van der Waals surface area (Å²) in [5.41, 5.74) is 9.10. The molecule has 6 nitrogen and oxygen atoms in total. The van der Waals surface area contributed by atoms with Crippen LogP contribution in [0.2, 0.25) is 10.0 Å². The van der Waals surface area contributed by atoms with Crippen molar-refractivity contribution in [1.29, 1.82) is 0 Å². The Hall–Kier alpha value is -2.31. The number of benzene rings is 1. The second-order valence-electron chi connectivity index (χ2n) is 5.08. The minimum atomic E-state index is 0.384. The van der Waals surface area contributed by atoms with E-state index in [1.807, 2.05) is 19.9 Å². The van der Waals surface area contributed by atoms with E-state index in [1.54, 1.807) is 22.9 Å². The van der Waals surface area contributed by atoms with Gasteiger partial charge in [0, 0.05) is 21.4 Å². The molecule has 2 heterocycles. The van der Waals surface area contributed by atoms with Crippen molar-refractivity contribution in [2.24, 2.45) is 0 Å². The van der Waals surface area contributed by atoms with Crippen molar-refractivity contribution in [3.63, 3.8) is 0 Å². The molecule has 0 aliphatic rings. The summed E-state index contributed by atoms with van der Waals surface area (Å²) in [5, 5.41) is 8.54. The number of nitrogen functional groups attached to an aromatic ring is 1. The predicted octanol–water partition coefficient (Wildman–Crippen LogP) is 3.91. The van der Waals surface area contributed by atoms with Crippen molar-refractivity contribution in [3.8, 4) is 5.82 Å². The van der Waals surface area contributed by atoms with E-state index >= 15 is 0 Å². The van der Waals surface area contributed by atoms with Crippen LogP contribution in [-0.2, 0) is 0 Å². The fourth-order valence-electron chi connectivity index (χ4n) is 2.26. The average molecular weight is 349 g/mol. The molecule has 0 amide bonds. The lowest BCUT2D eigenvalue weighted by Crippen LogP contribution is -2.09. The number of hydrogen-bond donors (Lipinski definition) is 2. The number of nitrogens with one attached hydrogen (secondary N) is 1. The number of aromatic nitrogens is 4. The maximum absolute atomic E-state index is 6.20. The number of nitrogens with two attached hydrogens (primary N) is 1. The molecule has 1 aromatic carbocycles. The van der Waals surface area contributed by atoms with E-state index < -0.39 is 0 Å². The third kappa shape index (κ3) is 3.23. The zero-order valence-electron chi connectivity index (χ0n) is 12.5. The quantitative estimate of drug-likeness (QED) is 0.749. The molecule has 3 N–H and O–H groups in total. The van der Waals surface area contributed by atoms with Crippen molar-refractivity contribution in [2.45, 2.75) is 13.8 Å². The summed E-state index contributed by atoms with van der Waals surface area (Å²) in [4.78, 5) is 8.41. The first-order chi connectivity index (χ1) is 10.9. The highest BCUT2D eigenvalue weighted by molar-refractivity contribution is 6.35. The van der Waals surface area contributed by atoms with Gasteiger partial charge in [0.25, 0.3) is 0 Å². The van der Waals surface area contributed by atoms with Crippen LogP contribution in [0.1, 0.15) is 11.4 Å². The topological polar surface area (TPSA) is 81.7 Å². The molecule has 0 spiro atoms. The molecule has 0 saturated heterocycles. The van der Waals surface area contributed by atoms with Crippen LogP contribution in [0, 0.1) is 13.8 Å². The summed E-state index contributed by atoms with van der Waals surface area (Å²) in [7, 11) is 0. The van der Waals surface area contributed by atoms with Gasteiger partial charge in [0.2, 0.25) is 0 Å². The number of rotatable bonds is 3. The highest BCUT2D eigenvalue weighted by Gasteiger charge is 2.13. The summed E-state index contributed by atoms with van der Waals surface area (Å²) in [6.45, 7) is 3.85. The predicted molar refractivity (Wildman–Crippen MR) is 92.8 cm³/mol. The van der Waals surface area contributed by atoms with Crippen molar-refractivity contribution < 1.29 is 0 Å². The molecule has 3 rings (SSSR count). The first kappa shape index (κ1) is 15.6. The largest absolute Gasteiger partial charge is 0.393 e. The normalized spacial score (nSPS) is 10.8. The number of hydrogen-bond acceptors (Lipinski definition) is 5. The van der Waals surface area contributed by atoms with Crippen LogP contribution >= 0.6 is 23.2 Å². The third-order valence-corrected chi connectivity index (χ3v) is 3.63. The SMILES string of the molecule is Cc1cc(C)n(-c2ncnc(Nc3cc(Cl)cc(Cl)c3)c2N)n1. The molecule has 118 valence electrons. The minimum Gasteiger partial charge on any atom is -0.393 e. The monoisotopic (exact) mass is 348 g/mol. The maximum atomic E-state index is 6.20. The molecule has 0 unspecified atom stereocenters. The van der Waals surface area contributed by atoms with E-state index in [9.17, 15) is 0 Å². The van der Waals surface area contributed by atoms with Crippen molar-refractivity contribution >= 4 is 40.4 Å². The minimum absolute atomic E-state index is 0.384. The van der Waals surface area contributed by atoms with Gasteiger partial charge in [0.05, 0.1) is 5.69 Å². The smallest absolute Gasteiger partial charge is 0.182 e. The Balaban J connectivity index is 2.01. The second-order valence-corrected chi connectivity index (χ2v) is 5.95. The van der Waals surface area contributed by atoms with Gasteiger partial charge in [-0.1, -0.05) is 23.2 Å². The van der Waals surface area contributed by atoms with E-state index in [4.69, 9.17) is 28.9 Å². The van der Waals surface area contributed by atoms with Gasteiger partial charge < -0.3 is 11.1 Å². The number of aryl methyl sites for hydroxylation is 2. The van der Waals surface area contributed by atoms with Gasteiger partial charge in [-0.2, -0.15) is 5.10 Å². The Morgan fingerprint density at radius 2 is 1.74 bits per heavy atom. The molecule has 2 aromatic heterocycles. The Labute approximate surface area is 143 Å². The maximum Gasteiger partial charge on any atom is 0.182 e. The van der Waals surface area contributed by atoms with Gasteiger partial charge in [-0.15, -0.1) is 0 Å². The molecule has 0 bridgehead atoms. The van der Waals surface area contributed by atoms with E-state index in [1.165, 1.54) is 6.33 Å². The van der Waals surface area contributed by atoms with Gasteiger partial charge in [-0.3, -0.25) is 0 Å². The Morgan fingerprint density at radius 1 is 1.04 bits per heavy atom. The Bertz CT molecular complexity index is 854. The van der Waals surface area contributed by atoms with E-state index in [0.717, 1.165) is 11.4 Å². The van der Waals surface area contributed by atoms with Crippen LogP contribution in [-0.4, -0.2) is 19.7 Å². The summed E-state index contributed by atoms with van der Waals surface area (Å²) in [5.74, 6) is 0.974. The average Bonchev–Trinajstić information content (AvgIpc) is 2.79. The van der Waals surface area contributed by atoms with Crippen molar-refractivity contribution in [2.75, 3.05) is 11.1 Å². The lowest BCUT2D eigenvalue weighted by atomic mass is 10.3. The number of nitrogens with zero attached hydrogens (tertiary/aromatic N) is 4. The fourth-order valence-corrected chi connectivity index (χ4v) is 2.79.